The van der Waals surface area contributed by atoms with Gasteiger partial charge in [-0.15, -0.1) is 0 Å². The van der Waals surface area contributed by atoms with Gasteiger partial charge in [-0.1, -0.05) is 0 Å². The number of rotatable bonds is 2. The summed E-state index contributed by atoms with van der Waals surface area (Å²) in [5, 5.41) is 10.2. The molecule has 0 aliphatic heterocycles. The van der Waals surface area contributed by atoms with E-state index in [2.05, 4.69) is 6.92 Å². The van der Waals surface area contributed by atoms with E-state index >= 15 is 0 Å². The van der Waals surface area contributed by atoms with Gasteiger partial charge in [0.15, 0.2) is 0 Å². The molecule has 92 valence electrons. The van der Waals surface area contributed by atoms with Gasteiger partial charge in [0, 0.05) is 5.54 Å². The molecule has 0 bridgehead atoms. The molecule has 3 rings (SSSR count). The van der Waals surface area contributed by atoms with Gasteiger partial charge in [0.25, 0.3) is 0 Å². The van der Waals surface area contributed by atoms with Crippen molar-refractivity contribution in [2.45, 2.75) is 57.4 Å². The molecular formula is C15H21NO. The van der Waals surface area contributed by atoms with Crippen LogP contribution in [-0.2, 0) is 19.3 Å². The zero-order valence-electron chi connectivity index (χ0n) is 10.6. The van der Waals surface area contributed by atoms with E-state index in [9.17, 15) is 5.11 Å². The lowest BCUT2D eigenvalue weighted by molar-refractivity contribution is 0.460. The van der Waals surface area contributed by atoms with Crippen molar-refractivity contribution in [2.24, 2.45) is 5.73 Å². The van der Waals surface area contributed by atoms with Crippen molar-refractivity contribution in [2.75, 3.05) is 0 Å². The van der Waals surface area contributed by atoms with Gasteiger partial charge in [-0.2, -0.15) is 0 Å². The minimum Gasteiger partial charge on any atom is -0.508 e. The smallest absolute Gasteiger partial charge is 0.119 e. The van der Waals surface area contributed by atoms with Crippen molar-refractivity contribution in [1.29, 1.82) is 0 Å². The molecule has 1 aromatic rings. The summed E-state index contributed by atoms with van der Waals surface area (Å²) < 4.78 is 0. The van der Waals surface area contributed by atoms with Crippen LogP contribution in [0.15, 0.2) is 6.07 Å². The standard InChI is InChI=1S/C15H21NO/c1-10-12-5-3-2-4-11(12)8-14(17)13(10)9-15(16)6-7-15/h8,17H,2-7,9,16H2,1H3. The average Bonchev–Trinajstić information content (AvgIpc) is 3.03. The number of hydrogen-bond donors (Lipinski definition) is 2. The molecule has 0 aromatic heterocycles. The van der Waals surface area contributed by atoms with E-state index in [1.807, 2.05) is 6.07 Å². The Morgan fingerprint density at radius 2 is 2.00 bits per heavy atom. The summed E-state index contributed by atoms with van der Waals surface area (Å²) in [6, 6.07) is 1.99. The van der Waals surface area contributed by atoms with Gasteiger partial charge >= 0.3 is 0 Å². The Morgan fingerprint density at radius 3 is 2.71 bits per heavy atom. The Labute approximate surface area is 103 Å². The molecule has 1 aromatic carbocycles. The first-order valence-electron chi connectivity index (χ1n) is 6.71. The van der Waals surface area contributed by atoms with Gasteiger partial charge in [-0.25, -0.2) is 0 Å². The molecule has 3 N–H and O–H groups in total. The molecule has 0 spiro atoms. The first kappa shape index (κ1) is 11.1. The molecule has 0 saturated heterocycles. The fourth-order valence-corrected chi connectivity index (χ4v) is 3.06. The maximum atomic E-state index is 10.2. The topological polar surface area (TPSA) is 46.2 Å². The fraction of sp³-hybridized carbons (Fsp3) is 0.600. The lowest BCUT2D eigenvalue weighted by atomic mass is 9.84. The highest BCUT2D eigenvalue weighted by atomic mass is 16.3. The number of nitrogens with two attached hydrogens (primary N) is 1. The third kappa shape index (κ3) is 1.95. The van der Waals surface area contributed by atoms with Crippen LogP contribution >= 0.6 is 0 Å². The summed E-state index contributed by atoms with van der Waals surface area (Å²) in [6.07, 6.45) is 7.88. The predicted molar refractivity (Wildman–Crippen MR) is 69.3 cm³/mol. The Balaban J connectivity index is 2.02. The van der Waals surface area contributed by atoms with Gasteiger partial charge in [-0.05, 0) is 80.2 Å². The number of hydrogen-bond acceptors (Lipinski definition) is 2. The van der Waals surface area contributed by atoms with Gasteiger partial charge in [0.05, 0.1) is 0 Å². The second kappa shape index (κ2) is 3.74. The number of aryl methyl sites for hydroxylation is 1. The van der Waals surface area contributed by atoms with Crippen molar-refractivity contribution in [3.05, 3.63) is 28.3 Å². The summed E-state index contributed by atoms with van der Waals surface area (Å²) in [6.45, 7) is 2.16. The zero-order valence-corrected chi connectivity index (χ0v) is 10.6. The minimum atomic E-state index is -0.0227. The number of phenols is 1. The molecule has 2 aliphatic rings. The van der Waals surface area contributed by atoms with Gasteiger partial charge in [0.1, 0.15) is 5.75 Å². The Morgan fingerprint density at radius 1 is 1.29 bits per heavy atom. The van der Waals surface area contributed by atoms with Crippen LogP contribution in [0.5, 0.6) is 5.75 Å². The first-order chi connectivity index (χ1) is 8.09. The molecule has 2 aliphatic carbocycles. The third-order valence-corrected chi connectivity index (χ3v) is 4.46. The summed E-state index contributed by atoms with van der Waals surface area (Å²) in [7, 11) is 0. The van der Waals surface area contributed by atoms with Crippen molar-refractivity contribution >= 4 is 0 Å². The molecular weight excluding hydrogens is 210 g/mol. The Bertz CT molecular complexity index is 460. The van der Waals surface area contributed by atoms with Crippen molar-refractivity contribution in [1.82, 2.24) is 0 Å². The van der Waals surface area contributed by atoms with Crippen molar-refractivity contribution < 1.29 is 5.11 Å². The number of fused-ring (bicyclic) bond motifs is 1. The zero-order chi connectivity index (χ0) is 12.0. The number of benzene rings is 1. The van der Waals surface area contributed by atoms with Crippen molar-refractivity contribution in [3.8, 4) is 5.75 Å². The van der Waals surface area contributed by atoms with Gasteiger partial charge < -0.3 is 10.8 Å². The fourth-order valence-electron chi connectivity index (χ4n) is 3.06. The van der Waals surface area contributed by atoms with E-state index in [1.54, 1.807) is 0 Å². The molecule has 2 nitrogen and oxygen atoms in total. The van der Waals surface area contributed by atoms with Gasteiger partial charge in [0.2, 0.25) is 0 Å². The average molecular weight is 231 g/mol. The molecule has 1 saturated carbocycles. The molecule has 0 radical (unpaired) electrons. The van der Waals surface area contributed by atoms with Crippen LogP contribution in [0.1, 0.15) is 47.9 Å². The van der Waals surface area contributed by atoms with E-state index in [0.29, 0.717) is 5.75 Å². The Kier molecular flexibility index (Phi) is 2.44. The van der Waals surface area contributed by atoms with E-state index in [1.165, 1.54) is 36.0 Å². The summed E-state index contributed by atoms with van der Waals surface area (Å²) in [5.41, 5.74) is 11.4. The Hall–Kier alpha value is -1.02. The second-order valence-corrected chi connectivity index (χ2v) is 5.88. The summed E-state index contributed by atoms with van der Waals surface area (Å²) in [5.74, 6) is 0.472. The van der Waals surface area contributed by atoms with E-state index in [0.717, 1.165) is 31.2 Å². The second-order valence-electron chi connectivity index (χ2n) is 5.88. The molecule has 2 heteroatoms. The molecule has 0 atom stereocenters. The van der Waals surface area contributed by atoms with Crippen molar-refractivity contribution in [3.63, 3.8) is 0 Å². The highest BCUT2D eigenvalue weighted by molar-refractivity contribution is 5.50. The lowest BCUT2D eigenvalue weighted by Gasteiger charge is -2.23. The maximum Gasteiger partial charge on any atom is 0.119 e. The predicted octanol–water partition coefficient (Wildman–Crippen LogP) is 2.61. The third-order valence-electron chi connectivity index (χ3n) is 4.46. The van der Waals surface area contributed by atoms with E-state index < -0.39 is 0 Å². The summed E-state index contributed by atoms with van der Waals surface area (Å²) >= 11 is 0. The van der Waals surface area contributed by atoms with Crippen LogP contribution in [0.4, 0.5) is 0 Å². The molecule has 0 heterocycles. The monoisotopic (exact) mass is 231 g/mol. The number of aromatic hydroxyl groups is 1. The normalized spacial score (nSPS) is 21.1. The van der Waals surface area contributed by atoms with E-state index in [4.69, 9.17) is 5.73 Å². The quantitative estimate of drug-likeness (QED) is 0.822. The summed E-state index contributed by atoms with van der Waals surface area (Å²) in [4.78, 5) is 0. The maximum absolute atomic E-state index is 10.2. The molecule has 17 heavy (non-hydrogen) atoms. The van der Waals surface area contributed by atoms with Crippen LogP contribution in [0.25, 0.3) is 0 Å². The van der Waals surface area contributed by atoms with Crippen LogP contribution in [0, 0.1) is 6.92 Å². The van der Waals surface area contributed by atoms with E-state index in [-0.39, 0.29) is 5.54 Å². The highest BCUT2D eigenvalue weighted by Crippen LogP contribution is 2.40. The van der Waals surface area contributed by atoms with Crippen LogP contribution < -0.4 is 5.73 Å². The SMILES string of the molecule is Cc1c(CC2(N)CC2)c(O)cc2c1CCCC2. The van der Waals surface area contributed by atoms with Gasteiger partial charge in [-0.3, -0.25) is 0 Å². The lowest BCUT2D eigenvalue weighted by Crippen LogP contribution is -2.25. The molecule has 0 amide bonds. The van der Waals surface area contributed by atoms with Crippen LogP contribution in [0.3, 0.4) is 0 Å². The first-order valence-corrected chi connectivity index (χ1v) is 6.71. The van der Waals surface area contributed by atoms with Crippen LogP contribution in [0.2, 0.25) is 0 Å². The van der Waals surface area contributed by atoms with Crippen LogP contribution in [-0.4, -0.2) is 10.6 Å². The largest absolute Gasteiger partial charge is 0.508 e. The minimum absolute atomic E-state index is 0.0227. The molecule has 1 fully saturated rings. The molecule has 0 unspecified atom stereocenters. The highest BCUT2D eigenvalue weighted by Gasteiger charge is 2.39. The number of phenolic OH excluding ortho intramolecular Hbond substituents is 1.